The van der Waals surface area contributed by atoms with E-state index in [4.69, 9.17) is 11.6 Å². The van der Waals surface area contributed by atoms with Crippen LogP contribution in [0.3, 0.4) is 0 Å². The SMILES string of the molecule is CC(C)NC1Cc2cc(Cl)ccc2-n2c(nnc2C2CC(F)(F)C2)C1. The molecule has 25 heavy (non-hydrogen) atoms. The Labute approximate surface area is 150 Å². The second-order valence-corrected chi connectivity index (χ2v) is 7.91. The van der Waals surface area contributed by atoms with Crippen LogP contribution < -0.4 is 5.32 Å². The molecule has 1 saturated carbocycles. The fraction of sp³-hybridized carbons (Fsp3) is 0.556. The smallest absolute Gasteiger partial charge is 0.249 e. The van der Waals surface area contributed by atoms with E-state index in [2.05, 4.69) is 29.4 Å². The van der Waals surface area contributed by atoms with Gasteiger partial charge in [-0.2, -0.15) is 0 Å². The van der Waals surface area contributed by atoms with E-state index in [1.54, 1.807) is 0 Å². The highest BCUT2D eigenvalue weighted by Crippen LogP contribution is 2.48. The van der Waals surface area contributed by atoms with Crippen LogP contribution in [0, 0.1) is 0 Å². The molecule has 1 aromatic heterocycles. The van der Waals surface area contributed by atoms with Crippen molar-refractivity contribution >= 4 is 11.6 Å². The highest BCUT2D eigenvalue weighted by Gasteiger charge is 2.48. The number of nitrogens with zero attached hydrogens (tertiary/aromatic N) is 3. The van der Waals surface area contributed by atoms with Gasteiger partial charge in [0.05, 0.1) is 5.69 Å². The van der Waals surface area contributed by atoms with Gasteiger partial charge in [0.25, 0.3) is 0 Å². The molecule has 7 heteroatoms. The molecule has 1 aliphatic carbocycles. The Morgan fingerprint density at radius 1 is 1.24 bits per heavy atom. The van der Waals surface area contributed by atoms with Crippen molar-refractivity contribution in [1.82, 2.24) is 20.1 Å². The Kier molecular flexibility index (Phi) is 4.07. The van der Waals surface area contributed by atoms with Gasteiger partial charge in [0, 0.05) is 42.3 Å². The molecule has 0 saturated heterocycles. The zero-order chi connectivity index (χ0) is 17.8. The van der Waals surface area contributed by atoms with Crippen LogP contribution in [-0.2, 0) is 12.8 Å². The third-order valence-electron chi connectivity index (χ3n) is 4.96. The minimum absolute atomic E-state index is 0.151. The third kappa shape index (κ3) is 3.17. The number of benzene rings is 1. The third-order valence-corrected chi connectivity index (χ3v) is 5.19. The van der Waals surface area contributed by atoms with Gasteiger partial charge in [-0.15, -0.1) is 10.2 Å². The van der Waals surface area contributed by atoms with E-state index >= 15 is 0 Å². The molecule has 4 rings (SSSR count). The summed E-state index contributed by atoms with van der Waals surface area (Å²) in [5.41, 5.74) is 2.05. The van der Waals surface area contributed by atoms with E-state index in [-0.39, 0.29) is 24.8 Å². The standard InChI is InChI=1S/C18H21ClF2N4/c1-10(2)22-14-6-11-5-13(19)3-4-15(11)25-16(7-14)23-24-17(25)12-8-18(20,21)9-12/h3-5,10,12,14,22H,6-9H2,1-2H3. The number of alkyl halides is 2. The number of halogens is 3. The maximum Gasteiger partial charge on any atom is 0.249 e. The molecule has 1 aromatic carbocycles. The molecule has 2 aliphatic rings. The predicted molar refractivity (Wildman–Crippen MR) is 92.8 cm³/mol. The molecule has 1 N–H and O–H groups in total. The number of hydrogen-bond acceptors (Lipinski definition) is 3. The Balaban J connectivity index is 1.78. The molecule has 0 radical (unpaired) electrons. The van der Waals surface area contributed by atoms with Crippen LogP contribution in [-0.4, -0.2) is 32.8 Å². The van der Waals surface area contributed by atoms with Crippen molar-refractivity contribution in [3.8, 4) is 5.69 Å². The number of fused-ring (bicyclic) bond motifs is 3. The zero-order valence-electron chi connectivity index (χ0n) is 14.3. The summed E-state index contributed by atoms with van der Waals surface area (Å²) in [6.45, 7) is 4.22. The summed E-state index contributed by atoms with van der Waals surface area (Å²) in [5, 5.41) is 12.9. The van der Waals surface area contributed by atoms with Gasteiger partial charge in [0.15, 0.2) is 0 Å². The molecule has 1 unspecified atom stereocenters. The van der Waals surface area contributed by atoms with Gasteiger partial charge in [-0.1, -0.05) is 25.4 Å². The average molecular weight is 367 g/mol. The fourth-order valence-corrected chi connectivity index (χ4v) is 4.11. The summed E-state index contributed by atoms with van der Waals surface area (Å²) in [4.78, 5) is 0. The molecular weight excluding hydrogens is 346 g/mol. The van der Waals surface area contributed by atoms with Gasteiger partial charge in [0.1, 0.15) is 11.6 Å². The molecular formula is C18H21ClF2N4. The van der Waals surface area contributed by atoms with Crippen LogP contribution in [0.2, 0.25) is 5.02 Å². The molecule has 1 aliphatic heterocycles. The second kappa shape index (κ2) is 6.02. The molecule has 4 nitrogen and oxygen atoms in total. The Morgan fingerprint density at radius 2 is 2.00 bits per heavy atom. The highest BCUT2D eigenvalue weighted by molar-refractivity contribution is 6.30. The predicted octanol–water partition coefficient (Wildman–Crippen LogP) is 3.90. The number of rotatable bonds is 3. The summed E-state index contributed by atoms with van der Waals surface area (Å²) in [6.07, 6.45) is 1.22. The van der Waals surface area contributed by atoms with Crippen molar-refractivity contribution < 1.29 is 8.78 Å². The van der Waals surface area contributed by atoms with Crippen LogP contribution in [0.5, 0.6) is 0 Å². The van der Waals surface area contributed by atoms with Crippen LogP contribution >= 0.6 is 11.6 Å². The largest absolute Gasteiger partial charge is 0.311 e. The van der Waals surface area contributed by atoms with Crippen molar-refractivity contribution in [2.45, 2.75) is 63.5 Å². The van der Waals surface area contributed by atoms with Crippen molar-refractivity contribution in [1.29, 1.82) is 0 Å². The molecule has 0 bridgehead atoms. The van der Waals surface area contributed by atoms with Crippen molar-refractivity contribution in [3.05, 3.63) is 40.4 Å². The van der Waals surface area contributed by atoms with Gasteiger partial charge in [0.2, 0.25) is 5.92 Å². The molecule has 2 heterocycles. The topological polar surface area (TPSA) is 42.7 Å². The minimum Gasteiger partial charge on any atom is -0.311 e. The first-order chi connectivity index (χ1) is 11.8. The van der Waals surface area contributed by atoms with Crippen LogP contribution in [0.25, 0.3) is 5.69 Å². The van der Waals surface area contributed by atoms with Crippen LogP contribution in [0.4, 0.5) is 8.78 Å². The van der Waals surface area contributed by atoms with E-state index < -0.39 is 5.92 Å². The molecule has 0 amide bonds. The van der Waals surface area contributed by atoms with Crippen molar-refractivity contribution in [2.75, 3.05) is 0 Å². The lowest BCUT2D eigenvalue weighted by atomic mass is 9.80. The van der Waals surface area contributed by atoms with Gasteiger partial charge in [-0.05, 0) is 30.2 Å². The fourth-order valence-electron chi connectivity index (χ4n) is 3.92. The Morgan fingerprint density at radius 3 is 2.68 bits per heavy atom. The highest BCUT2D eigenvalue weighted by atomic mass is 35.5. The number of hydrogen-bond donors (Lipinski definition) is 1. The van der Waals surface area contributed by atoms with E-state index in [0.29, 0.717) is 23.3 Å². The maximum atomic E-state index is 13.4. The summed E-state index contributed by atoms with van der Waals surface area (Å²) in [7, 11) is 0. The summed E-state index contributed by atoms with van der Waals surface area (Å²) in [5.74, 6) is -1.35. The quantitative estimate of drug-likeness (QED) is 0.895. The van der Waals surface area contributed by atoms with E-state index in [1.165, 1.54) is 0 Å². The molecule has 1 fully saturated rings. The lowest BCUT2D eigenvalue weighted by Gasteiger charge is -2.34. The summed E-state index contributed by atoms with van der Waals surface area (Å²) >= 11 is 6.20. The first-order valence-electron chi connectivity index (χ1n) is 8.69. The van der Waals surface area contributed by atoms with Gasteiger partial charge >= 0.3 is 0 Å². The summed E-state index contributed by atoms with van der Waals surface area (Å²) < 4.78 is 28.7. The second-order valence-electron chi connectivity index (χ2n) is 7.47. The molecule has 134 valence electrons. The molecule has 0 spiro atoms. The normalized spacial score (nSPS) is 22.2. The van der Waals surface area contributed by atoms with E-state index in [9.17, 15) is 8.78 Å². The van der Waals surface area contributed by atoms with Gasteiger partial charge in [-0.3, -0.25) is 4.57 Å². The van der Waals surface area contributed by atoms with E-state index in [1.807, 2.05) is 22.8 Å². The first kappa shape index (κ1) is 16.9. The molecule has 1 atom stereocenters. The van der Waals surface area contributed by atoms with Crippen molar-refractivity contribution in [2.24, 2.45) is 0 Å². The van der Waals surface area contributed by atoms with Crippen LogP contribution in [0.1, 0.15) is 49.8 Å². The lowest BCUT2D eigenvalue weighted by Crippen LogP contribution is -2.37. The average Bonchev–Trinajstić information content (AvgIpc) is 2.81. The first-order valence-corrected chi connectivity index (χ1v) is 9.07. The monoisotopic (exact) mass is 366 g/mol. The maximum absolute atomic E-state index is 13.4. The Hall–Kier alpha value is -1.53. The number of nitrogens with one attached hydrogen (secondary N) is 1. The molecule has 2 aromatic rings. The van der Waals surface area contributed by atoms with Gasteiger partial charge in [-0.25, -0.2) is 8.78 Å². The van der Waals surface area contributed by atoms with Crippen LogP contribution in [0.15, 0.2) is 18.2 Å². The van der Waals surface area contributed by atoms with E-state index in [0.717, 1.165) is 23.5 Å². The Bertz CT molecular complexity index is 794. The lowest BCUT2D eigenvalue weighted by molar-refractivity contribution is -0.0888. The minimum atomic E-state index is -2.58. The zero-order valence-corrected chi connectivity index (χ0v) is 15.0. The summed E-state index contributed by atoms with van der Waals surface area (Å²) in [6, 6.07) is 6.28. The van der Waals surface area contributed by atoms with Crippen molar-refractivity contribution in [3.63, 3.8) is 0 Å². The van der Waals surface area contributed by atoms with Gasteiger partial charge < -0.3 is 5.32 Å². The number of aromatic nitrogens is 3.